The molecule has 0 aliphatic carbocycles. The molecule has 0 unspecified atom stereocenters. The molecule has 0 aliphatic rings. The number of hydrogen-bond acceptors (Lipinski definition) is 3. The Morgan fingerprint density at radius 1 is 1.39 bits per heavy atom. The van der Waals surface area contributed by atoms with E-state index in [9.17, 15) is 0 Å². The van der Waals surface area contributed by atoms with E-state index in [0.29, 0.717) is 6.61 Å². The molecule has 18 heavy (non-hydrogen) atoms. The maximum absolute atomic E-state index is 5.14. The van der Waals surface area contributed by atoms with Gasteiger partial charge in [-0.1, -0.05) is 19.1 Å². The number of methoxy groups -OCH3 is 1. The van der Waals surface area contributed by atoms with E-state index < -0.39 is 0 Å². The molecule has 1 aromatic carbocycles. The molecular formula is C14H19N3O. The quantitative estimate of drug-likeness (QED) is 0.847. The topological polar surface area (TPSA) is 39.1 Å². The number of imidazole rings is 1. The molecule has 0 saturated heterocycles. The number of nitrogens with one attached hydrogen (secondary N) is 1. The van der Waals surface area contributed by atoms with Crippen LogP contribution in [0.25, 0.3) is 5.69 Å². The molecule has 0 saturated carbocycles. The minimum absolute atomic E-state index is 0.632. The molecule has 0 spiro atoms. The summed E-state index contributed by atoms with van der Waals surface area (Å²) in [5.74, 6) is 0. The molecule has 2 rings (SSSR count). The highest BCUT2D eigenvalue weighted by Gasteiger charge is 2.01. The molecule has 4 nitrogen and oxygen atoms in total. The first-order chi connectivity index (χ1) is 8.83. The lowest BCUT2D eigenvalue weighted by Crippen LogP contribution is -2.11. The number of ether oxygens (including phenoxy) is 1. The van der Waals surface area contributed by atoms with Crippen LogP contribution in [0.15, 0.2) is 36.8 Å². The van der Waals surface area contributed by atoms with E-state index >= 15 is 0 Å². The van der Waals surface area contributed by atoms with Crippen molar-refractivity contribution in [1.82, 2.24) is 14.9 Å². The van der Waals surface area contributed by atoms with E-state index in [-0.39, 0.29) is 0 Å². The van der Waals surface area contributed by atoms with E-state index in [4.69, 9.17) is 4.74 Å². The van der Waals surface area contributed by atoms with Crippen molar-refractivity contribution in [3.63, 3.8) is 0 Å². The fourth-order valence-corrected chi connectivity index (χ4v) is 1.82. The molecule has 0 radical (unpaired) electrons. The highest BCUT2D eigenvalue weighted by Crippen LogP contribution is 2.12. The molecule has 0 fully saturated rings. The van der Waals surface area contributed by atoms with Gasteiger partial charge in [-0.25, -0.2) is 4.98 Å². The Labute approximate surface area is 108 Å². The monoisotopic (exact) mass is 245 g/mol. The highest BCUT2D eigenvalue weighted by molar-refractivity contribution is 5.36. The van der Waals surface area contributed by atoms with Crippen LogP contribution in [-0.4, -0.2) is 23.2 Å². The second-order valence-corrected chi connectivity index (χ2v) is 4.16. The van der Waals surface area contributed by atoms with Crippen LogP contribution >= 0.6 is 0 Å². The van der Waals surface area contributed by atoms with Gasteiger partial charge < -0.3 is 14.6 Å². The predicted molar refractivity (Wildman–Crippen MR) is 71.7 cm³/mol. The van der Waals surface area contributed by atoms with Crippen LogP contribution in [0.4, 0.5) is 0 Å². The van der Waals surface area contributed by atoms with Crippen molar-refractivity contribution in [3.05, 3.63) is 48.0 Å². The van der Waals surface area contributed by atoms with E-state index in [2.05, 4.69) is 41.6 Å². The normalized spacial score (nSPS) is 10.8. The van der Waals surface area contributed by atoms with Gasteiger partial charge in [-0.05, 0) is 24.2 Å². The van der Waals surface area contributed by atoms with Crippen molar-refractivity contribution in [2.24, 2.45) is 0 Å². The van der Waals surface area contributed by atoms with Gasteiger partial charge in [-0.3, -0.25) is 0 Å². The lowest BCUT2D eigenvalue weighted by atomic mass is 10.2. The van der Waals surface area contributed by atoms with Gasteiger partial charge in [-0.15, -0.1) is 0 Å². The first kappa shape index (κ1) is 12.8. The Morgan fingerprint density at radius 3 is 3.06 bits per heavy atom. The zero-order chi connectivity index (χ0) is 12.8. The number of benzene rings is 1. The van der Waals surface area contributed by atoms with Crippen LogP contribution in [0.1, 0.15) is 18.2 Å². The Kier molecular flexibility index (Phi) is 4.50. The van der Waals surface area contributed by atoms with Crippen LogP contribution < -0.4 is 5.32 Å². The highest BCUT2D eigenvalue weighted by atomic mass is 16.5. The summed E-state index contributed by atoms with van der Waals surface area (Å²) in [6, 6.07) is 8.28. The van der Waals surface area contributed by atoms with Crippen LogP contribution in [0.2, 0.25) is 0 Å². The summed E-state index contributed by atoms with van der Waals surface area (Å²) in [6.45, 7) is 4.48. The second-order valence-electron chi connectivity index (χ2n) is 4.16. The standard InChI is InChI=1S/C14H19N3O/c1-3-15-8-13-9-17(11-16-13)14-6-4-5-12(7-14)10-18-2/h4-7,9,11,15H,3,8,10H2,1-2H3. The molecule has 4 heteroatoms. The molecule has 96 valence electrons. The van der Waals surface area contributed by atoms with Gasteiger partial charge >= 0.3 is 0 Å². The smallest absolute Gasteiger partial charge is 0.0995 e. The summed E-state index contributed by atoms with van der Waals surface area (Å²) in [4.78, 5) is 4.37. The summed E-state index contributed by atoms with van der Waals surface area (Å²) in [5, 5.41) is 3.27. The van der Waals surface area contributed by atoms with Crippen LogP contribution in [-0.2, 0) is 17.9 Å². The predicted octanol–water partition coefficient (Wildman–Crippen LogP) is 2.13. The van der Waals surface area contributed by atoms with Crippen LogP contribution in [0, 0.1) is 0 Å². The molecule has 2 aromatic rings. The summed E-state index contributed by atoms with van der Waals surface area (Å²) < 4.78 is 7.18. The molecule has 1 N–H and O–H groups in total. The molecule has 0 bridgehead atoms. The summed E-state index contributed by atoms with van der Waals surface area (Å²) in [6.07, 6.45) is 3.90. The van der Waals surface area contributed by atoms with Gasteiger partial charge in [0.1, 0.15) is 0 Å². The average Bonchev–Trinajstić information content (AvgIpc) is 2.86. The number of aromatic nitrogens is 2. The van der Waals surface area contributed by atoms with Gasteiger partial charge in [-0.2, -0.15) is 0 Å². The van der Waals surface area contributed by atoms with Gasteiger partial charge in [0, 0.05) is 25.5 Å². The molecule has 0 amide bonds. The van der Waals surface area contributed by atoms with Gasteiger partial charge in [0.25, 0.3) is 0 Å². The lowest BCUT2D eigenvalue weighted by Gasteiger charge is -2.05. The molecule has 0 aliphatic heterocycles. The zero-order valence-corrected chi connectivity index (χ0v) is 10.9. The summed E-state index contributed by atoms with van der Waals surface area (Å²) in [7, 11) is 1.71. The maximum Gasteiger partial charge on any atom is 0.0995 e. The van der Waals surface area contributed by atoms with E-state index in [1.165, 1.54) is 0 Å². The molecular weight excluding hydrogens is 226 g/mol. The second kappa shape index (κ2) is 6.33. The number of rotatable bonds is 6. The first-order valence-corrected chi connectivity index (χ1v) is 6.15. The van der Waals surface area contributed by atoms with Gasteiger partial charge in [0.2, 0.25) is 0 Å². The number of nitrogens with zero attached hydrogens (tertiary/aromatic N) is 2. The van der Waals surface area contributed by atoms with Crippen molar-refractivity contribution >= 4 is 0 Å². The van der Waals surface area contributed by atoms with Crippen molar-refractivity contribution in [1.29, 1.82) is 0 Å². The molecule has 1 aromatic heterocycles. The van der Waals surface area contributed by atoms with Crippen LogP contribution in [0.5, 0.6) is 0 Å². The Balaban J connectivity index is 2.15. The zero-order valence-electron chi connectivity index (χ0n) is 10.9. The molecule has 0 atom stereocenters. The average molecular weight is 245 g/mol. The van der Waals surface area contributed by atoms with E-state index in [1.54, 1.807) is 7.11 Å². The van der Waals surface area contributed by atoms with Gasteiger partial charge in [0.05, 0.1) is 18.6 Å². The summed E-state index contributed by atoms with van der Waals surface area (Å²) >= 11 is 0. The fraction of sp³-hybridized carbons (Fsp3) is 0.357. The van der Waals surface area contributed by atoms with Crippen molar-refractivity contribution in [2.75, 3.05) is 13.7 Å². The Bertz CT molecular complexity index is 493. The van der Waals surface area contributed by atoms with E-state index in [0.717, 1.165) is 30.0 Å². The Hall–Kier alpha value is -1.65. The van der Waals surface area contributed by atoms with E-state index in [1.807, 2.05) is 17.0 Å². The largest absolute Gasteiger partial charge is 0.380 e. The minimum atomic E-state index is 0.632. The third kappa shape index (κ3) is 3.18. The SMILES string of the molecule is CCNCc1cn(-c2cccc(COC)c2)cn1. The maximum atomic E-state index is 5.14. The van der Waals surface area contributed by atoms with Crippen LogP contribution in [0.3, 0.4) is 0 Å². The summed E-state index contributed by atoms with van der Waals surface area (Å²) in [5.41, 5.74) is 3.32. The lowest BCUT2D eigenvalue weighted by molar-refractivity contribution is 0.185. The van der Waals surface area contributed by atoms with Crippen molar-refractivity contribution in [2.45, 2.75) is 20.1 Å². The van der Waals surface area contributed by atoms with Crippen molar-refractivity contribution < 1.29 is 4.74 Å². The fourth-order valence-electron chi connectivity index (χ4n) is 1.82. The Morgan fingerprint density at radius 2 is 2.28 bits per heavy atom. The van der Waals surface area contributed by atoms with Crippen molar-refractivity contribution in [3.8, 4) is 5.69 Å². The molecule has 1 heterocycles. The minimum Gasteiger partial charge on any atom is -0.380 e. The third-order valence-electron chi connectivity index (χ3n) is 2.71. The first-order valence-electron chi connectivity index (χ1n) is 6.15. The number of hydrogen-bond donors (Lipinski definition) is 1. The van der Waals surface area contributed by atoms with Gasteiger partial charge in [0.15, 0.2) is 0 Å². The third-order valence-corrected chi connectivity index (χ3v) is 2.71.